The molecule has 0 bridgehead atoms. The smallest absolute Gasteiger partial charge is 0.254 e. The number of nitrogens with zero attached hydrogens (tertiary/aromatic N) is 2. The van der Waals surface area contributed by atoms with Gasteiger partial charge >= 0.3 is 0 Å². The molecule has 2 N–H and O–H groups in total. The first-order valence-electron chi connectivity index (χ1n) is 8.03. The molecule has 0 saturated carbocycles. The molecule has 1 fully saturated rings. The lowest BCUT2D eigenvalue weighted by Crippen LogP contribution is -2.37. The van der Waals surface area contributed by atoms with Gasteiger partial charge in [-0.1, -0.05) is 24.6 Å². The Morgan fingerprint density at radius 3 is 3.09 bits per heavy atom. The van der Waals surface area contributed by atoms with E-state index in [0.29, 0.717) is 23.2 Å². The molecule has 2 heterocycles. The molecule has 1 aromatic heterocycles. The van der Waals surface area contributed by atoms with Gasteiger partial charge in [-0.25, -0.2) is 4.68 Å². The molecule has 23 heavy (non-hydrogen) atoms. The van der Waals surface area contributed by atoms with E-state index in [1.807, 2.05) is 31.2 Å². The fourth-order valence-corrected chi connectivity index (χ4v) is 3.16. The highest BCUT2D eigenvalue weighted by Gasteiger charge is 2.19. The Bertz CT molecular complexity index is 692. The third-order valence-electron chi connectivity index (χ3n) is 4.17. The van der Waals surface area contributed by atoms with Crippen molar-refractivity contribution in [3.63, 3.8) is 0 Å². The molecule has 1 amide bonds. The first-order chi connectivity index (χ1) is 11.2. The van der Waals surface area contributed by atoms with Crippen LogP contribution in [0.1, 0.15) is 35.8 Å². The summed E-state index contributed by atoms with van der Waals surface area (Å²) in [7, 11) is 0. The molecule has 1 unspecified atom stereocenters. The topological polar surface area (TPSA) is 59.0 Å². The number of carbonyl (C=O) groups is 1. The lowest BCUT2D eigenvalue weighted by atomic mass is 10.1. The van der Waals surface area contributed by atoms with Crippen LogP contribution in [0.4, 0.5) is 0 Å². The molecule has 0 radical (unpaired) electrons. The summed E-state index contributed by atoms with van der Waals surface area (Å²) in [6, 6.07) is 7.86. The maximum Gasteiger partial charge on any atom is 0.254 e. The van der Waals surface area contributed by atoms with Crippen LogP contribution in [-0.4, -0.2) is 34.8 Å². The van der Waals surface area contributed by atoms with Gasteiger partial charge in [0.25, 0.3) is 5.91 Å². The Labute approximate surface area is 141 Å². The summed E-state index contributed by atoms with van der Waals surface area (Å²) >= 11 is 6.05. The second-order valence-corrected chi connectivity index (χ2v) is 6.19. The zero-order chi connectivity index (χ0) is 16.2. The average molecular weight is 333 g/mol. The summed E-state index contributed by atoms with van der Waals surface area (Å²) in [6.45, 7) is 3.71. The summed E-state index contributed by atoms with van der Waals surface area (Å²) < 4.78 is 1.79. The van der Waals surface area contributed by atoms with Gasteiger partial charge in [0.1, 0.15) is 0 Å². The van der Waals surface area contributed by atoms with Crippen molar-refractivity contribution in [2.24, 2.45) is 0 Å². The van der Waals surface area contributed by atoms with Crippen LogP contribution < -0.4 is 10.6 Å². The zero-order valence-corrected chi connectivity index (χ0v) is 13.9. The van der Waals surface area contributed by atoms with Gasteiger partial charge in [-0.3, -0.25) is 4.79 Å². The molecule has 1 saturated heterocycles. The molecular weight excluding hydrogens is 312 g/mol. The van der Waals surface area contributed by atoms with Crippen molar-refractivity contribution in [1.82, 2.24) is 20.4 Å². The van der Waals surface area contributed by atoms with Crippen LogP contribution in [0.5, 0.6) is 0 Å². The molecule has 3 rings (SSSR count). The number of aromatic nitrogens is 2. The number of hydrogen-bond donors (Lipinski definition) is 2. The van der Waals surface area contributed by atoms with E-state index in [9.17, 15) is 4.79 Å². The lowest BCUT2D eigenvalue weighted by Gasteiger charge is -2.12. The van der Waals surface area contributed by atoms with Crippen molar-refractivity contribution < 1.29 is 4.79 Å². The van der Waals surface area contributed by atoms with E-state index in [-0.39, 0.29) is 5.91 Å². The number of nitrogens with one attached hydrogen (secondary N) is 2. The fraction of sp³-hybridized carbons (Fsp3) is 0.412. The highest BCUT2D eigenvalue weighted by atomic mass is 35.5. The molecule has 1 aliphatic rings. The van der Waals surface area contributed by atoms with E-state index >= 15 is 0 Å². The van der Waals surface area contributed by atoms with Crippen molar-refractivity contribution in [3.05, 3.63) is 46.7 Å². The summed E-state index contributed by atoms with van der Waals surface area (Å²) in [5.41, 5.74) is 2.39. The van der Waals surface area contributed by atoms with E-state index in [4.69, 9.17) is 11.6 Å². The maximum absolute atomic E-state index is 12.5. The molecule has 6 heteroatoms. The van der Waals surface area contributed by atoms with Gasteiger partial charge in [0, 0.05) is 17.6 Å². The van der Waals surface area contributed by atoms with Gasteiger partial charge in [0.2, 0.25) is 0 Å². The van der Waals surface area contributed by atoms with Gasteiger partial charge in [-0.15, -0.1) is 0 Å². The highest BCUT2D eigenvalue weighted by molar-refractivity contribution is 6.30. The van der Waals surface area contributed by atoms with Crippen LogP contribution in [0.15, 0.2) is 30.5 Å². The molecular formula is C17H21ClN4O. The second kappa shape index (κ2) is 7.15. The SMILES string of the molecule is CCc1c(C(=O)NCC2CCCN2)cnn1-c1cccc(Cl)c1. The van der Waals surface area contributed by atoms with Crippen LogP contribution in [0.3, 0.4) is 0 Å². The summed E-state index contributed by atoms with van der Waals surface area (Å²) in [5, 5.41) is 11.4. The van der Waals surface area contributed by atoms with Crippen molar-refractivity contribution >= 4 is 17.5 Å². The number of halogens is 1. The minimum atomic E-state index is -0.0659. The Kier molecular flexibility index (Phi) is 4.98. The maximum atomic E-state index is 12.5. The summed E-state index contributed by atoms with van der Waals surface area (Å²) in [6.07, 6.45) is 4.64. The average Bonchev–Trinajstić information content (AvgIpc) is 3.21. The molecule has 122 valence electrons. The Balaban J connectivity index is 1.78. The van der Waals surface area contributed by atoms with Crippen LogP contribution in [0.2, 0.25) is 5.02 Å². The van der Waals surface area contributed by atoms with E-state index in [1.54, 1.807) is 10.9 Å². The van der Waals surface area contributed by atoms with Gasteiger partial charge in [-0.2, -0.15) is 5.10 Å². The number of benzene rings is 1. The largest absolute Gasteiger partial charge is 0.350 e. The van der Waals surface area contributed by atoms with Crippen molar-refractivity contribution in [2.45, 2.75) is 32.2 Å². The van der Waals surface area contributed by atoms with E-state index < -0.39 is 0 Å². The van der Waals surface area contributed by atoms with E-state index in [1.165, 1.54) is 6.42 Å². The van der Waals surface area contributed by atoms with E-state index in [2.05, 4.69) is 15.7 Å². The van der Waals surface area contributed by atoms with Gasteiger partial charge < -0.3 is 10.6 Å². The number of hydrogen-bond acceptors (Lipinski definition) is 3. The monoisotopic (exact) mass is 332 g/mol. The van der Waals surface area contributed by atoms with Gasteiger partial charge in [-0.05, 0) is 44.0 Å². The predicted octanol–water partition coefficient (Wildman–Crippen LogP) is 2.57. The van der Waals surface area contributed by atoms with Gasteiger partial charge in [0.05, 0.1) is 23.1 Å². The lowest BCUT2D eigenvalue weighted by molar-refractivity contribution is 0.0949. The Hall–Kier alpha value is -1.85. The van der Waals surface area contributed by atoms with Crippen molar-refractivity contribution in [1.29, 1.82) is 0 Å². The molecule has 1 atom stereocenters. The molecule has 1 aliphatic heterocycles. The third kappa shape index (κ3) is 3.57. The first kappa shape index (κ1) is 16.0. The van der Waals surface area contributed by atoms with Crippen molar-refractivity contribution in [3.8, 4) is 5.69 Å². The van der Waals surface area contributed by atoms with Crippen LogP contribution in [0.25, 0.3) is 5.69 Å². The summed E-state index contributed by atoms with van der Waals surface area (Å²) in [5.74, 6) is -0.0659. The minimum Gasteiger partial charge on any atom is -0.350 e. The molecule has 0 aliphatic carbocycles. The number of rotatable bonds is 5. The molecule has 0 spiro atoms. The summed E-state index contributed by atoms with van der Waals surface area (Å²) in [4.78, 5) is 12.5. The van der Waals surface area contributed by atoms with Crippen molar-refractivity contribution in [2.75, 3.05) is 13.1 Å². The fourth-order valence-electron chi connectivity index (χ4n) is 2.98. The van der Waals surface area contributed by atoms with Gasteiger partial charge in [0.15, 0.2) is 0 Å². The number of carbonyl (C=O) groups excluding carboxylic acids is 1. The van der Waals surface area contributed by atoms with Crippen LogP contribution in [-0.2, 0) is 6.42 Å². The highest BCUT2D eigenvalue weighted by Crippen LogP contribution is 2.19. The minimum absolute atomic E-state index is 0.0659. The Morgan fingerprint density at radius 1 is 1.52 bits per heavy atom. The standard InChI is InChI=1S/C17H21ClN4O/c1-2-16-15(17(23)20-10-13-6-4-8-19-13)11-21-22(16)14-7-3-5-12(18)9-14/h3,5,7,9,11,13,19H,2,4,6,8,10H2,1H3,(H,20,23). The van der Waals surface area contributed by atoms with Crippen LogP contribution in [0, 0.1) is 0 Å². The molecule has 2 aromatic rings. The quantitative estimate of drug-likeness (QED) is 0.884. The zero-order valence-electron chi connectivity index (χ0n) is 13.2. The molecule has 5 nitrogen and oxygen atoms in total. The Morgan fingerprint density at radius 2 is 2.39 bits per heavy atom. The first-order valence-corrected chi connectivity index (χ1v) is 8.41. The predicted molar refractivity (Wildman–Crippen MR) is 91.3 cm³/mol. The third-order valence-corrected chi connectivity index (χ3v) is 4.41. The second-order valence-electron chi connectivity index (χ2n) is 5.75. The normalized spacial score (nSPS) is 17.4. The van der Waals surface area contributed by atoms with E-state index in [0.717, 1.165) is 30.8 Å². The molecule has 1 aromatic carbocycles. The van der Waals surface area contributed by atoms with Crippen LogP contribution >= 0.6 is 11.6 Å². The number of amides is 1.